The molecular formula is C54H77NO9Si2. The van der Waals surface area contributed by atoms with Crippen molar-refractivity contribution in [1.82, 2.24) is 4.90 Å². The third kappa shape index (κ3) is 13.2. The van der Waals surface area contributed by atoms with Crippen LogP contribution in [0.4, 0.5) is 4.79 Å². The molecule has 66 heavy (non-hydrogen) atoms. The second-order valence-electron chi connectivity index (χ2n) is 22.1. The van der Waals surface area contributed by atoms with Gasteiger partial charge in [0, 0.05) is 0 Å². The van der Waals surface area contributed by atoms with Crippen LogP contribution in [-0.2, 0) is 23.2 Å². The van der Waals surface area contributed by atoms with Crippen molar-refractivity contribution in [3.8, 4) is 0 Å². The minimum Gasteiger partial charge on any atom is -0.481 e. The summed E-state index contributed by atoms with van der Waals surface area (Å²) in [5.41, 5.74) is 1.38. The number of rotatable bonds is 15. The summed E-state index contributed by atoms with van der Waals surface area (Å²) in [6.45, 7) is 33.0. The van der Waals surface area contributed by atoms with Crippen molar-refractivity contribution in [2.75, 3.05) is 19.8 Å². The Morgan fingerprint density at radius 1 is 0.667 bits per heavy atom. The molecule has 0 spiro atoms. The maximum absolute atomic E-state index is 14.0. The van der Waals surface area contributed by atoms with Gasteiger partial charge in [-0.3, -0.25) is 9.59 Å². The van der Waals surface area contributed by atoms with Gasteiger partial charge in [0.25, 0.3) is 0 Å². The first-order chi connectivity index (χ1) is 30.3. The van der Waals surface area contributed by atoms with E-state index in [0.717, 1.165) is 43.8 Å². The highest BCUT2D eigenvalue weighted by molar-refractivity contribution is 6.74. The maximum Gasteiger partial charge on any atom is 0.417 e. The molecule has 12 heteroatoms. The van der Waals surface area contributed by atoms with Gasteiger partial charge in [-0.05, 0) is 138 Å². The van der Waals surface area contributed by atoms with Crippen LogP contribution in [-0.4, -0.2) is 80.7 Å². The van der Waals surface area contributed by atoms with Gasteiger partial charge in [0.2, 0.25) is 5.91 Å². The fourth-order valence-corrected chi connectivity index (χ4v) is 8.93. The zero-order chi connectivity index (χ0) is 49.8. The lowest BCUT2D eigenvalue weighted by molar-refractivity contribution is -0.146. The van der Waals surface area contributed by atoms with E-state index < -0.39 is 51.7 Å². The van der Waals surface area contributed by atoms with Crippen molar-refractivity contribution in [2.24, 2.45) is 16.7 Å². The highest BCUT2D eigenvalue weighted by Crippen LogP contribution is 2.40. The van der Waals surface area contributed by atoms with E-state index in [-0.39, 0.29) is 47.8 Å². The van der Waals surface area contributed by atoms with E-state index in [9.17, 15) is 29.7 Å². The molecule has 1 aliphatic rings. The van der Waals surface area contributed by atoms with Gasteiger partial charge in [0.1, 0.15) is 12.0 Å². The molecule has 360 valence electrons. The van der Waals surface area contributed by atoms with Crippen molar-refractivity contribution in [2.45, 2.75) is 138 Å². The molecule has 4 aromatic rings. The molecule has 0 aromatic heterocycles. The Balaban J connectivity index is 0.000000297. The summed E-state index contributed by atoms with van der Waals surface area (Å²) in [4.78, 5) is 39.9. The largest absolute Gasteiger partial charge is 0.481 e. The number of nitrogens with zero attached hydrogens (tertiary/aromatic N) is 1. The van der Waals surface area contributed by atoms with Crippen LogP contribution in [0.5, 0.6) is 0 Å². The Morgan fingerprint density at radius 3 is 1.44 bits per heavy atom. The topological polar surface area (TPSA) is 143 Å². The lowest BCUT2D eigenvalue weighted by Crippen LogP contribution is -2.51. The van der Waals surface area contributed by atoms with Crippen LogP contribution in [0.15, 0.2) is 84.9 Å². The Hall–Kier alpha value is -4.44. The van der Waals surface area contributed by atoms with Crippen LogP contribution in [0.2, 0.25) is 36.3 Å². The number of imide groups is 1. The summed E-state index contributed by atoms with van der Waals surface area (Å²) in [6.07, 6.45) is 5.69. The van der Waals surface area contributed by atoms with Crippen molar-refractivity contribution < 1.29 is 43.3 Å². The highest BCUT2D eigenvalue weighted by atomic mass is 28.4. The molecule has 5 rings (SSSR count). The van der Waals surface area contributed by atoms with E-state index in [1.165, 1.54) is 4.90 Å². The number of hydrogen-bond donors (Lipinski definition) is 3. The van der Waals surface area contributed by atoms with Crippen molar-refractivity contribution in [3.05, 3.63) is 107 Å². The van der Waals surface area contributed by atoms with Crippen LogP contribution in [0.3, 0.4) is 0 Å². The predicted octanol–water partition coefficient (Wildman–Crippen LogP) is 13.0. The van der Waals surface area contributed by atoms with Gasteiger partial charge in [-0.25, -0.2) is 9.69 Å². The fourth-order valence-electron chi connectivity index (χ4n) is 6.75. The number of aliphatic hydroxyl groups excluding tert-OH is 2. The SMILES string of the molecule is CC(C)[C@@H]1COC(=O)N1C(=O)[C@](C)(/C=C/c1ccc2ccc([C@@H](C)O)cc2c1)CO[Si](C)(C)C(C)(C)C.C[C@@H](O)c1ccc2ccc(/C=C/[C@](C)(CO[Si](C)(C)C(C)(C)C)C(=O)O)cc2c1. The third-order valence-corrected chi connectivity index (χ3v) is 22.9. The number of aliphatic carboxylic acids is 1. The van der Waals surface area contributed by atoms with Crippen LogP contribution in [0, 0.1) is 16.7 Å². The molecule has 1 aliphatic heterocycles. The molecule has 0 unspecified atom stereocenters. The van der Waals surface area contributed by atoms with Crippen LogP contribution in [0.25, 0.3) is 33.7 Å². The number of cyclic esters (lactones) is 1. The quantitative estimate of drug-likeness (QED) is 0.0993. The molecule has 4 aromatic carbocycles. The standard InChI is InChI=1S/C30H43NO5Si.C24H34O4Si/c1-20(2)26-18-35-28(34)31(26)27(33)30(7,19-36-37(8,9)29(4,5)6)15-14-22-10-11-23-12-13-24(21(3)32)17-25(23)16-22;1-17(25)20-11-10-19-9-8-18(14-21(19)15-20)12-13-24(5,22(26)27)16-28-29(6,7)23(2,3)4/h10-17,20-21,26,32H,18-19H2,1-9H3;8-15,17,25H,16H2,1-7H3,(H,26,27)/b15-14+;13-12+/t21-,26+,30-;17-,24-/m11/s1. The Bertz CT molecular complexity index is 2420. The number of hydrogen-bond acceptors (Lipinski definition) is 8. The highest BCUT2D eigenvalue weighted by Gasteiger charge is 2.48. The molecule has 0 aliphatic carbocycles. The average Bonchev–Trinajstić information content (AvgIpc) is 3.63. The van der Waals surface area contributed by atoms with Crippen LogP contribution in [0.1, 0.15) is 118 Å². The van der Waals surface area contributed by atoms with Gasteiger partial charge in [-0.1, -0.05) is 128 Å². The predicted molar refractivity (Wildman–Crippen MR) is 274 cm³/mol. The Labute approximate surface area is 396 Å². The zero-order valence-corrected chi connectivity index (χ0v) is 44.4. The summed E-state index contributed by atoms with van der Waals surface area (Å²) >= 11 is 0. The number of carboxylic acid groups (broad SMARTS) is 1. The van der Waals surface area contributed by atoms with E-state index in [4.69, 9.17) is 13.6 Å². The first-order valence-electron chi connectivity index (χ1n) is 23.1. The van der Waals surface area contributed by atoms with Gasteiger partial charge in [0.15, 0.2) is 16.6 Å². The Morgan fingerprint density at radius 2 is 1.06 bits per heavy atom. The molecular weight excluding hydrogens is 863 g/mol. The smallest absolute Gasteiger partial charge is 0.417 e. The van der Waals surface area contributed by atoms with E-state index in [2.05, 4.69) is 67.7 Å². The average molecular weight is 940 g/mol. The molecule has 5 atom stereocenters. The minimum absolute atomic E-state index is 0.0202. The number of carboxylic acids is 1. The van der Waals surface area contributed by atoms with Gasteiger partial charge in [-0.2, -0.15) is 0 Å². The van der Waals surface area contributed by atoms with Gasteiger partial charge >= 0.3 is 12.1 Å². The molecule has 0 radical (unpaired) electrons. The second kappa shape index (κ2) is 20.8. The van der Waals surface area contributed by atoms with E-state index in [1.807, 2.05) is 112 Å². The fraction of sp³-hybridized carbons (Fsp3) is 0.500. The van der Waals surface area contributed by atoms with Crippen molar-refractivity contribution in [3.63, 3.8) is 0 Å². The van der Waals surface area contributed by atoms with Gasteiger partial charge in [-0.15, -0.1) is 0 Å². The monoisotopic (exact) mass is 940 g/mol. The number of benzene rings is 4. The number of carbonyl (C=O) groups is 3. The number of amides is 2. The zero-order valence-electron chi connectivity index (χ0n) is 42.4. The van der Waals surface area contributed by atoms with Crippen molar-refractivity contribution in [1.29, 1.82) is 0 Å². The van der Waals surface area contributed by atoms with Crippen LogP contribution >= 0.6 is 0 Å². The molecule has 2 amide bonds. The third-order valence-electron chi connectivity index (χ3n) is 14.0. The lowest BCUT2D eigenvalue weighted by Gasteiger charge is -2.39. The van der Waals surface area contributed by atoms with Gasteiger partial charge in [0.05, 0.1) is 36.9 Å². The normalized spacial score (nSPS) is 18.0. The molecule has 0 saturated carbocycles. The summed E-state index contributed by atoms with van der Waals surface area (Å²) in [7, 11) is -4.21. The van der Waals surface area contributed by atoms with Gasteiger partial charge < -0.3 is 28.9 Å². The molecule has 1 heterocycles. The summed E-state index contributed by atoms with van der Waals surface area (Å²) in [5.74, 6) is -1.13. The number of ether oxygens (including phenoxy) is 1. The number of aliphatic hydroxyl groups is 2. The summed E-state index contributed by atoms with van der Waals surface area (Å²) in [5, 5.41) is 33.8. The first-order valence-corrected chi connectivity index (χ1v) is 29.0. The molecule has 3 N–H and O–H groups in total. The number of carbonyl (C=O) groups excluding carboxylic acids is 2. The minimum atomic E-state index is -2.16. The van der Waals surface area contributed by atoms with Crippen molar-refractivity contribution >= 4 is 68.3 Å². The first kappa shape index (κ1) is 54.2. The van der Waals surface area contributed by atoms with E-state index in [0.29, 0.717) is 0 Å². The molecule has 1 saturated heterocycles. The molecule has 0 bridgehead atoms. The summed E-state index contributed by atoms with van der Waals surface area (Å²) < 4.78 is 18.0. The maximum atomic E-state index is 14.0. The van der Waals surface area contributed by atoms with Crippen LogP contribution < -0.4 is 0 Å². The second-order valence-corrected chi connectivity index (χ2v) is 31.7. The number of fused-ring (bicyclic) bond motifs is 2. The lowest BCUT2D eigenvalue weighted by atomic mass is 9.87. The molecule has 1 fully saturated rings. The van der Waals surface area contributed by atoms with E-state index >= 15 is 0 Å². The molecule has 10 nitrogen and oxygen atoms in total. The summed E-state index contributed by atoms with van der Waals surface area (Å²) in [6, 6.07) is 23.5. The van der Waals surface area contributed by atoms with E-state index in [1.54, 1.807) is 26.8 Å². The Kier molecular flexibility index (Phi) is 17.1.